The lowest BCUT2D eigenvalue weighted by Gasteiger charge is -2.03. The van der Waals surface area contributed by atoms with Gasteiger partial charge in [0.05, 0.1) is 22.3 Å². The Balaban J connectivity index is 0.000000129. The zero-order chi connectivity index (χ0) is 61.6. The van der Waals surface area contributed by atoms with Crippen molar-refractivity contribution in [1.82, 2.24) is 141 Å². The summed E-state index contributed by atoms with van der Waals surface area (Å²) < 4.78 is 80.8. The van der Waals surface area contributed by atoms with Crippen molar-refractivity contribution in [2.75, 3.05) is 0 Å². The Hall–Kier alpha value is -10.9. The van der Waals surface area contributed by atoms with E-state index in [0.29, 0.717) is 55.6 Å². The summed E-state index contributed by atoms with van der Waals surface area (Å²) in [6.07, 6.45) is 8.37. The lowest BCUT2D eigenvalue weighted by atomic mass is 10.2. The quantitative estimate of drug-likeness (QED) is 0.0778. The summed E-state index contributed by atoms with van der Waals surface area (Å²) in [6, 6.07) is 6.22. The molecular formula is C42H45IN28O12. The van der Waals surface area contributed by atoms with Crippen LogP contribution in [0.2, 0.25) is 5.65 Å². The molecule has 1 aliphatic rings. The van der Waals surface area contributed by atoms with Gasteiger partial charge in [0, 0.05) is 112 Å². The fourth-order valence-electron chi connectivity index (χ4n) is 7.05. The van der Waals surface area contributed by atoms with Gasteiger partial charge in [0.2, 0.25) is 50.6 Å². The summed E-state index contributed by atoms with van der Waals surface area (Å²) in [7, 11) is 5.96. The second kappa shape index (κ2) is 24.6. The fourth-order valence-corrected chi connectivity index (χ4v) is 7.54. The minimum Gasteiger partial charge on any atom is -0.471 e. The molecule has 0 saturated heterocycles. The number of ether oxygens (including phenoxy) is 4. The molecule has 0 aliphatic heterocycles. The van der Waals surface area contributed by atoms with E-state index < -0.39 is 22.8 Å². The fraction of sp³-hybridized carbons (Fsp3) is 0.333. The normalized spacial score (nSPS) is 12.5. The van der Waals surface area contributed by atoms with E-state index in [4.69, 9.17) is 42.7 Å². The van der Waals surface area contributed by atoms with E-state index in [1.807, 2.05) is 29.5 Å². The SMILES string of the molecule is [3H]n1ccc(OCc2c(-n3nnn(C)c3=O)noc2C)n1.[3H]n1ccc(OCc2c(-n3nnn(C)c3=O)noc2C2CC2)n1.[3H]n1ccc(OCc2c(-n3nnn(C)c3=O)noc2CC)n1.[3H]n1ccc(OCc2c(-n3nnn(C)c3=O)noc2I)n1. The molecule has 41 heteroatoms. The molecule has 12 aromatic heterocycles. The lowest BCUT2D eigenvalue weighted by Crippen LogP contribution is -2.23. The zero-order valence-electron chi connectivity index (χ0n) is 47.9. The Morgan fingerprint density at radius 1 is 0.506 bits per heavy atom. The lowest BCUT2D eigenvalue weighted by molar-refractivity contribution is 0.288. The second-order valence-electron chi connectivity index (χ2n) is 17.0. The molecule has 0 spiro atoms. The van der Waals surface area contributed by atoms with Crippen molar-refractivity contribution < 1.29 is 42.7 Å². The molecule has 0 amide bonds. The number of tetrazole rings is 4. The van der Waals surface area contributed by atoms with Crippen LogP contribution in [0.4, 0.5) is 0 Å². The van der Waals surface area contributed by atoms with Gasteiger partial charge in [-0.1, -0.05) is 27.6 Å². The van der Waals surface area contributed by atoms with Gasteiger partial charge in [-0.3, -0.25) is 20.4 Å². The van der Waals surface area contributed by atoms with Crippen molar-refractivity contribution in [3.63, 3.8) is 0 Å². The molecule has 12 heterocycles. The first kappa shape index (κ1) is 50.3. The molecule has 0 unspecified atom stereocenters. The summed E-state index contributed by atoms with van der Waals surface area (Å²) in [5, 5.41) is 63.7. The summed E-state index contributed by atoms with van der Waals surface area (Å²) in [5.74, 6) is 4.15. The highest BCUT2D eigenvalue weighted by molar-refractivity contribution is 14.1. The molecule has 1 saturated carbocycles. The highest BCUT2D eigenvalue weighted by Crippen LogP contribution is 2.43. The smallest absolute Gasteiger partial charge is 0.369 e. The van der Waals surface area contributed by atoms with Gasteiger partial charge in [-0.2, -0.15) is 18.7 Å². The third-order valence-electron chi connectivity index (χ3n) is 11.5. The van der Waals surface area contributed by atoms with Gasteiger partial charge >= 0.3 is 22.8 Å². The van der Waals surface area contributed by atoms with Crippen LogP contribution in [-0.2, 0) is 61.0 Å². The van der Waals surface area contributed by atoms with Gasteiger partial charge in [0.25, 0.3) is 0 Å². The van der Waals surface area contributed by atoms with Crippen LogP contribution in [0.1, 0.15) is 65.2 Å². The summed E-state index contributed by atoms with van der Waals surface area (Å²) in [5.41, 5.74) is 0.579. The minimum absolute atomic E-state index is 0.0666. The number of H-pyrrole nitrogens is 4. The monoisotopic (exact) mass is 1270 g/mol. The molecule has 12 aromatic rings. The Kier molecular flexibility index (Phi) is 14.9. The first-order valence-electron chi connectivity index (χ1n) is 25.9. The second-order valence-corrected chi connectivity index (χ2v) is 18.0. The first-order chi connectivity index (χ1) is 41.8. The molecule has 1 aliphatic carbocycles. The maximum absolute atomic E-state index is 12.0. The van der Waals surface area contributed by atoms with Gasteiger partial charge in [-0.05, 0) is 61.5 Å². The number of nitrogens with zero attached hydrogens (tertiary/aromatic N) is 24. The van der Waals surface area contributed by atoms with E-state index in [1.165, 1.54) is 53.0 Å². The van der Waals surface area contributed by atoms with Gasteiger partial charge in [0.15, 0.2) is 5.65 Å². The zero-order valence-corrected chi connectivity index (χ0v) is 46.1. The van der Waals surface area contributed by atoms with E-state index in [0.717, 1.165) is 70.7 Å². The molecule has 1 fully saturated rings. The van der Waals surface area contributed by atoms with Crippen molar-refractivity contribution in [1.29, 1.82) is 0 Å². The van der Waals surface area contributed by atoms with E-state index >= 15 is 0 Å². The third kappa shape index (κ3) is 12.3. The number of aromatic nitrogens is 28. The average Bonchev–Trinajstić information content (AvgIpc) is 2.34. The topological polar surface area (TPSA) is 467 Å². The van der Waals surface area contributed by atoms with Crippen LogP contribution in [0.25, 0.3) is 23.3 Å². The summed E-state index contributed by atoms with van der Waals surface area (Å²) in [4.78, 5) is 47.7. The first-order valence-corrected chi connectivity index (χ1v) is 25.2. The molecule has 13 rings (SSSR count). The molecule has 0 bridgehead atoms. The molecule has 83 heavy (non-hydrogen) atoms. The largest absolute Gasteiger partial charge is 0.471 e. The number of rotatable bonds is 18. The maximum Gasteiger partial charge on any atom is 0.369 e. The standard InChI is InChI=1S/C12H13N7O3.C11H13N7O3.C10H11N7O3.C9H8IN7O3/c1-18-12(20)19(17-16-18)11-8(6-21-9-4-5-13-14-9)10(22-15-11)7-2-3-7;1-3-8-7(6-20-9-4-5-12-13-9)10(14-21-8)18-11(19)17(2)15-16-18;1-6-7(5-19-8-3-4-11-12-8)9(13-20-6)17-10(18)16(2)14-15-17;1-16-9(18)17(15-14-16)8-5(7(10)20-13-8)4-19-6-2-3-11-12-6/h4-5,7H,2-3,6H2,1H3,(H,13,14);4-5H,3,6H2,1-2H3,(H,12,13);3-4H,5H2,1-2H3,(H,11,12);2-3H,4H2,1H3,(H,11,12)/i/hT4. The van der Waals surface area contributed by atoms with Crippen LogP contribution in [-0.4, -0.2) is 141 Å². The Labute approximate surface area is 479 Å². The number of nitrogens with one attached hydrogen (secondary N) is 4. The molecule has 0 aromatic carbocycles. The number of aromatic amines is 4. The van der Waals surface area contributed by atoms with Crippen LogP contribution in [0.3, 0.4) is 0 Å². The van der Waals surface area contributed by atoms with Crippen LogP contribution in [0.5, 0.6) is 23.5 Å². The van der Waals surface area contributed by atoms with Crippen molar-refractivity contribution in [2.45, 2.75) is 65.5 Å². The predicted octanol–water partition coefficient (Wildman–Crippen LogP) is -0.623. The van der Waals surface area contributed by atoms with Crippen LogP contribution in [0, 0.1) is 10.7 Å². The Morgan fingerprint density at radius 2 is 0.855 bits per heavy atom. The van der Waals surface area contributed by atoms with E-state index in [-0.39, 0.29) is 73.3 Å². The van der Waals surface area contributed by atoms with E-state index in [9.17, 15) is 19.2 Å². The van der Waals surface area contributed by atoms with Gasteiger partial charge in [0.1, 0.15) is 43.7 Å². The number of hydrogen-bond donors (Lipinski definition) is 4. The summed E-state index contributed by atoms with van der Waals surface area (Å²) in [6.45, 7) is 3.93. The van der Waals surface area contributed by atoms with Crippen LogP contribution < -0.4 is 41.7 Å². The minimum atomic E-state index is -0.448. The highest BCUT2D eigenvalue weighted by Gasteiger charge is 2.34. The number of halogens is 1. The predicted molar refractivity (Wildman–Crippen MR) is 277 cm³/mol. The Morgan fingerprint density at radius 3 is 1.24 bits per heavy atom. The van der Waals surface area contributed by atoms with Gasteiger partial charge < -0.3 is 37.0 Å². The number of hydrogen-bond acceptors (Lipinski definition) is 28. The third-order valence-corrected chi connectivity index (χ3v) is 12.4. The molecule has 432 valence electrons. The van der Waals surface area contributed by atoms with Crippen molar-refractivity contribution in [3.8, 4) is 46.8 Å². The summed E-state index contributed by atoms with van der Waals surface area (Å²) >= 11 is 1.93. The molecule has 40 nitrogen and oxygen atoms in total. The average molecular weight is 1270 g/mol. The van der Waals surface area contributed by atoms with Crippen LogP contribution in [0.15, 0.2) is 86.3 Å². The molecular weight excluding hydrogens is 1220 g/mol. The highest BCUT2D eigenvalue weighted by atomic mass is 127. The van der Waals surface area contributed by atoms with Crippen molar-refractivity contribution in [3.05, 3.63) is 134 Å². The molecule has 4 N–H and O–H groups in total. The maximum atomic E-state index is 12.0. The molecule has 0 atom stereocenters. The Bertz CT molecular complexity index is 4410. The van der Waals surface area contributed by atoms with E-state index in [2.05, 4.69) is 82.7 Å². The van der Waals surface area contributed by atoms with Crippen LogP contribution >= 0.6 is 22.6 Å². The molecule has 0 radical (unpaired) electrons. The van der Waals surface area contributed by atoms with E-state index in [1.54, 1.807) is 31.2 Å². The van der Waals surface area contributed by atoms with Gasteiger partial charge in [-0.25, -0.2) is 19.2 Å². The van der Waals surface area contributed by atoms with Crippen molar-refractivity contribution >= 4 is 22.6 Å². The number of aryl methyl sites for hydroxylation is 6. The van der Waals surface area contributed by atoms with Crippen molar-refractivity contribution in [2.24, 2.45) is 28.2 Å². The van der Waals surface area contributed by atoms with Gasteiger partial charge in [-0.15, -0.1) is 39.1 Å².